The minimum atomic E-state index is -0.808. The molecule has 4 rings (SSSR count). The minimum absolute atomic E-state index is 0.0813. The Morgan fingerprint density at radius 1 is 1.07 bits per heavy atom. The molecule has 1 aromatic carbocycles. The van der Waals surface area contributed by atoms with E-state index >= 15 is 0 Å². The molecular weight excluding hydrogens is 560 g/mol. The van der Waals surface area contributed by atoms with Crippen molar-refractivity contribution < 1.29 is 19.5 Å². The average Bonchev–Trinajstić information content (AvgIpc) is 3.55. The molecule has 1 spiro atoms. The Kier molecular flexibility index (Phi) is 10.1. The first-order valence-corrected chi connectivity index (χ1v) is 16.5. The van der Waals surface area contributed by atoms with E-state index in [0.29, 0.717) is 19.4 Å². The monoisotopic (exact) mass is 610 g/mol. The largest absolute Gasteiger partial charge is 0.394 e. The summed E-state index contributed by atoms with van der Waals surface area (Å²) in [5.41, 5.74) is 1.82. The Morgan fingerprint density at radius 3 is 2.21 bits per heavy atom. The summed E-state index contributed by atoms with van der Waals surface area (Å²) in [5.74, 6) is -1.44. The number of likely N-dealkylation sites (N-methyl/N-ethyl adjacent to an activating group) is 1. The first-order valence-electron chi connectivity index (χ1n) is 15.7. The third-order valence-corrected chi connectivity index (χ3v) is 11.7. The van der Waals surface area contributed by atoms with Crippen LogP contribution < -0.4 is 9.80 Å². The van der Waals surface area contributed by atoms with Crippen molar-refractivity contribution >= 4 is 40.9 Å². The van der Waals surface area contributed by atoms with E-state index in [9.17, 15) is 19.5 Å². The fourth-order valence-corrected chi connectivity index (χ4v) is 10.1. The van der Waals surface area contributed by atoms with Gasteiger partial charge in [0.15, 0.2) is 0 Å². The fraction of sp³-hybridized carbons (Fsp3) is 0.618. The van der Waals surface area contributed by atoms with Crippen LogP contribution in [0.4, 0.5) is 11.4 Å². The van der Waals surface area contributed by atoms with E-state index in [0.717, 1.165) is 30.9 Å². The van der Waals surface area contributed by atoms with Crippen molar-refractivity contribution in [1.82, 2.24) is 9.80 Å². The molecule has 3 aliphatic heterocycles. The van der Waals surface area contributed by atoms with Crippen LogP contribution in [0.1, 0.15) is 53.9 Å². The maximum absolute atomic E-state index is 14.9. The predicted octanol–water partition coefficient (Wildman–Crippen LogP) is 4.58. The Labute approximate surface area is 262 Å². The van der Waals surface area contributed by atoms with Crippen LogP contribution in [-0.4, -0.2) is 94.0 Å². The van der Waals surface area contributed by atoms with E-state index in [1.165, 1.54) is 0 Å². The van der Waals surface area contributed by atoms with Gasteiger partial charge >= 0.3 is 0 Å². The molecule has 3 amide bonds. The van der Waals surface area contributed by atoms with E-state index < -0.39 is 33.4 Å². The standard InChI is InChI=1S/C34H50N4O4S/c1-9-19-35(8)30(40)27-28-31(41)38(26(22-39)21-23(5)6)29(34(28)18-17-33(27,7)43-34)32(42)37(20-10-2)25-15-13-24(14-16-25)36(11-3)12-4/h9-10,13-16,23,26-29,39H,1-2,11-12,17-22H2,3-8H3/t26-,27-,28+,29?,33+,34?/m1/s1. The Bertz CT molecular complexity index is 1220. The van der Waals surface area contributed by atoms with Gasteiger partial charge in [-0.3, -0.25) is 14.4 Å². The Hall–Kier alpha value is -2.78. The summed E-state index contributed by atoms with van der Waals surface area (Å²) in [6.07, 6.45) is 5.36. The summed E-state index contributed by atoms with van der Waals surface area (Å²) in [5, 5.41) is 10.6. The van der Waals surface area contributed by atoms with E-state index in [4.69, 9.17) is 0 Å². The minimum Gasteiger partial charge on any atom is -0.394 e. The van der Waals surface area contributed by atoms with E-state index in [2.05, 4.69) is 52.7 Å². The molecule has 3 fully saturated rings. The number of anilines is 2. The molecule has 0 aliphatic carbocycles. The molecule has 2 unspecified atom stereocenters. The number of aliphatic hydroxyl groups excluding tert-OH is 1. The number of benzene rings is 1. The second kappa shape index (κ2) is 13.1. The van der Waals surface area contributed by atoms with Crippen LogP contribution >= 0.6 is 11.8 Å². The highest BCUT2D eigenvalue weighted by atomic mass is 32.2. The number of carbonyl (C=O) groups excluding carboxylic acids is 3. The van der Waals surface area contributed by atoms with Crippen LogP contribution in [0.5, 0.6) is 0 Å². The second-order valence-electron chi connectivity index (χ2n) is 12.9. The van der Waals surface area contributed by atoms with Crippen molar-refractivity contribution in [2.45, 2.75) is 75.5 Å². The fourth-order valence-electron chi connectivity index (χ4n) is 7.79. The summed E-state index contributed by atoms with van der Waals surface area (Å²) in [7, 11) is 1.75. The number of rotatable bonds is 14. The molecule has 0 radical (unpaired) electrons. The zero-order chi connectivity index (χ0) is 31.7. The quantitative estimate of drug-likeness (QED) is 0.311. The van der Waals surface area contributed by atoms with Gasteiger partial charge in [-0.25, -0.2) is 0 Å². The Morgan fingerprint density at radius 2 is 1.67 bits per heavy atom. The molecule has 1 aromatic rings. The molecule has 1 N–H and O–H groups in total. The third kappa shape index (κ3) is 5.63. The lowest BCUT2D eigenvalue weighted by Crippen LogP contribution is -2.58. The van der Waals surface area contributed by atoms with Gasteiger partial charge in [-0.2, -0.15) is 0 Å². The van der Waals surface area contributed by atoms with Gasteiger partial charge in [0.05, 0.1) is 29.2 Å². The average molecular weight is 611 g/mol. The number of thioether (sulfide) groups is 1. The highest BCUT2D eigenvalue weighted by molar-refractivity contribution is 8.02. The maximum atomic E-state index is 14.9. The Balaban J connectivity index is 1.82. The van der Waals surface area contributed by atoms with Crippen molar-refractivity contribution in [2.24, 2.45) is 17.8 Å². The smallest absolute Gasteiger partial charge is 0.251 e. The van der Waals surface area contributed by atoms with Crippen molar-refractivity contribution in [2.75, 3.05) is 49.6 Å². The van der Waals surface area contributed by atoms with E-state index in [-0.39, 0.29) is 36.8 Å². The van der Waals surface area contributed by atoms with Gasteiger partial charge < -0.3 is 24.7 Å². The predicted molar refractivity (Wildman–Crippen MR) is 176 cm³/mol. The van der Waals surface area contributed by atoms with Gasteiger partial charge in [-0.15, -0.1) is 24.9 Å². The van der Waals surface area contributed by atoms with E-state index in [1.54, 1.807) is 45.7 Å². The zero-order valence-electron chi connectivity index (χ0n) is 26.8. The van der Waals surface area contributed by atoms with Gasteiger partial charge in [0.2, 0.25) is 11.8 Å². The lowest BCUT2D eigenvalue weighted by molar-refractivity contribution is -0.146. The van der Waals surface area contributed by atoms with Crippen LogP contribution in [-0.2, 0) is 14.4 Å². The van der Waals surface area contributed by atoms with Gasteiger partial charge in [0.1, 0.15) is 6.04 Å². The van der Waals surface area contributed by atoms with Crippen molar-refractivity contribution in [3.8, 4) is 0 Å². The highest BCUT2D eigenvalue weighted by Gasteiger charge is 2.78. The summed E-state index contributed by atoms with van der Waals surface area (Å²) in [6, 6.07) is 6.64. The summed E-state index contributed by atoms with van der Waals surface area (Å²) < 4.78 is -1.22. The summed E-state index contributed by atoms with van der Waals surface area (Å²) in [6.45, 7) is 20.3. The van der Waals surface area contributed by atoms with Crippen LogP contribution in [0.2, 0.25) is 0 Å². The third-order valence-electron chi connectivity index (χ3n) is 9.71. The van der Waals surface area contributed by atoms with E-state index in [1.807, 2.05) is 24.3 Å². The highest BCUT2D eigenvalue weighted by Crippen LogP contribution is 2.72. The maximum Gasteiger partial charge on any atom is 0.251 e. The number of likely N-dealkylation sites (tertiary alicyclic amines) is 1. The molecule has 236 valence electrons. The molecule has 3 saturated heterocycles. The molecule has 8 nitrogen and oxygen atoms in total. The van der Waals surface area contributed by atoms with Crippen LogP contribution in [0.15, 0.2) is 49.6 Å². The van der Waals surface area contributed by atoms with Crippen molar-refractivity contribution in [3.63, 3.8) is 0 Å². The lowest BCUT2D eigenvalue weighted by atomic mass is 9.66. The number of amides is 3. The van der Waals surface area contributed by atoms with Crippen LogP contribution in [0, 0.1) is 17.8 Å². The van der Waals surface area contributed by atoms with Gasteiger partial charge in [0, 0.05) is 49.3 Å². The SMILES string of the molecule is C=CCN(C)C(=O)[C@H]1[C@H]2C(=O)N([C@@H](CO)CC(C)C)C(C(=O)N(CC=C)c3ccc(N(CC)CC)cc3)C23CC[C@]1(C)S3. The van der Waals surface area contributed by atoms with Crippen molar-refractivity contribution in [3.05, 3.63) is 49.6 Å². The molecule has 3 aliphatic rings. The molecule has 3 heterocycles. The molecular formula is C34H50N4O4S. The van der Waals surface area contributed by atoms with Gasteiger partial charge in [-0.05, 0) is 70.2 Å². The molecule has 6 atom stereocenters. The zero-order valence-corrected chi connectivity index (χ0v) is 27.6. The lowest BCUT2D eigenvalue weighted by Gasteiger charge is -2.40. The number of fused-ring (bicyclic) bond motifs is 1. The summed E-state index contributed by atoms with van der Waals surface area (Å²) >= 11 is 1.66. The van der Waals surface area contributed by atoms with Crippen molar-refractivity contribution in [1.29, 1.82) is 0 Å². The number of nitrogens with zero attached hydrogens (tertiary/aromatic N) is 4. The first-order chi connectivity index (χ1) is 20.4. The number of hydrogen-bond acceptors (Lipinski definition) is 6. The van der Waals surface area contributed by atoms with Crippen LogP contribution in [0.25, 0.3) is 0 Å². The molecule has 0 aromatic heterocycles. The molecule has 2 bridgehead atoms. The number of carbonyl (C=O) groups is 3. The van der Waals surface area contributed by atoms with Gasteiger partial charge in [-0.1, -0.05) is 26.0 Å². The van der Waals surface area contributed by atoms with Gasteiger partial charge in [0.25, 0.3) is 5.91 Å². The summed E-state index contributed by atoms with van der Waals surface area (Å²) in [4.78, 5) is 50.8. The second-order valence-corrected chi connectivity index (χ2v) is 14.8. The normalized spacial score (nSPS) is 28.1. The number of aliphatic hydroxyl groups is 1. The number of hydrogen-bond donors (Lipinski definition) is 1. The van der Waals surface area contributed by atoms with Crippen LogP contribution in [0.3, 0.4) is 0 Å². The molecule has 9 heteroatoms. The molecule has 0 saturated carbocycles. The molecule has 43 heavy (non-hydrogen) atoms. The topological polar surface area (TPSA) is 84.4 Å². The first kappa shape index (κ1) is 33.1.